The van der Waals surface area contributed by atoms with Crippen LogP contribution in [0.15, 0.2) is 59.5 Å². The summed E-state index contributed by atoms with van der Waals surface area (Å²) in [4.78, 5) is 12.7. The molecule has 6 nitrogen and oxygen atoms in total. The molecule has 1 fully saturated rings. The van der Waals surface area contributed by atoms with Gasteiger partial charge in [-0.05, 0) is 42.7 Å². The van der Waals surface area contributed by atoms with E-state index in [9.17, 15) is 13.2 Å². The number of ether oxygens (including phenoxy) is 1. The number of hydrogen-bond acceptors (Lipinski definition) is 4. The molecule has 2 aromatic rings. The Balaban J connectivity index is 1.72. The number of hydrogen-bond donors (Lipinski definition) is 1. The maximum absolute atomic E-state index is 12.9. The van der Waals surface area contributed by atoms with Gasteiger partial charge in [0.05, 0.1) is 12.0 Å². The third-order valence-corrected chi connectivity index (χ3v) is 6.40. The quantitative estimate of drug-likeness (QED) is 0.841. The number of nitrogens with one attached hydrogen (secondary N) is 1. The van der Waals surface area contributed by atoms with Crippen LogP contribution in [0.1, 0.15) is 18.4 Å². The van der Waals surface area contributed by atoms with E-state index in [-0.39, 0.29) is 10.8 Å². The SMILES string of the molecule is COc1ccc(S(=O)(=O)N2CCCC2C(=O)NCc2ccccc2)cc1. The predicted octanol–water partition coefficient (Wildman–Crippen LogP) is 2.16. The summed E-state index contributed by atoms with van der Waals surface area (Å²) in [6.45, 7) is 0.727. The number of sulfonamides is 1. The fourth-order valence-corrected chi connectivity index (χ4v) is 4.73. The molecule has 2 aromatic carbocycles. The average molecular weight is 374 g/mol. The standard InChI is InChI=1S/C19H22N2O4S/c1-25-16-9-11-17(12-10-16)26(23,24)21-13-5-8-18(21)19(22)20-14-15-6-3-2-4-7-15/h2-4,6-7,9-12,18H,5,8,13-14H2,1H3,(H,20,22). The van der Waals surface area contributed by atoms with E-state index in [2.05, 4.69) is 5.32 Å². The lowest BCUT2D eigenvalue weighted by molar-refractivity contribution is -0.124. The van der Waals surface area contributed by atoms with Crippen molar-refractivity contribution in [3.05, 3.63) is 60.2 Å². The summed E-state index contributed by atoms with van der Waals surface area (Å²) in [5.41, 5.74) is 0.975. The number of benzene rings is 2. The lowest BCUT2D eigenvalue weighted by Crippen LogP contribution is -2.45. The van der Waals surface area contributed by atoms with Crippen LogP contribution in [0, 0.1) is 0 Å². The van der Waals surface area contributed by atoms with Crippen LogP contribution in [-0.2, 0) is 21.4 Å². The maximum atomic E-state index is 12.9. The Labute approximate surface area is 153 Å². The molecule has 138 valence electrons. The highest BCUT2D eigenvalue weighted by atomic mass is 32.2. The summed E-state index contributed by atoms with van der Waals surface area (Å²) >= 11 is 0. The molecule has 0 radical (unpaired) electrons. The number of methoxy groups -OCH3 is 1. The molecule has 1 amide bonds. The van der Waals surface area contributed by atoms with Crippen LogP contribution in [-0.4, -0.2) is 38.3 Å². The van der Waals surface area contributed by atoms with Gasteiger partial charge in [0.25, 0.3) is 0 Å². The molecule has 7 heteroatoms. The second-order valence-electron chi connectivity index (χ2n) is 6.15. The highest BCUT2D eigenvalue weighted by molar-refractivity contribution is 7.89. The number of carbonyl (C=O) groups excluding carboxylic acids is 1. The molecular formula is C19H22N2O4S. The van der Waals surface area contributed by atoms with Gasteiger partial charge in [0.1, 0.15) is 11.8 Å². The van der Waals surface area contributed by atoms with E-state index in [4.69, 9.17) is 4.74 Å². The Bertz CT molecular complexity index is 851. The summed E-state index contributed by atoms with van der Waals surface area (Å²) in [6.07, 6.45) is 1.19. The molecule has 1 saturated heterocycles. The minimum atomic E-state index is -3.72. The summed E-state index contributed by atoms with van der Waals surface area (Å²) in [5, 5.41) is 2.85. The van der Waals surface area contributed by atoms with Crippen LogP contribution >= 0.6 is 0 Å². The topological polar surface area (TPSA) is 75.7 Å². The van der Waals surface area contributed by atoms with Crippen molar-refractivity contribution >= 4 is 15.9 Å². The number of carbonyl (C=O) groups is 1. The second-order valence-corrected chi connectivity index (χ2v) is 8.04. The van der Waals surface area contributed by atoms with Crippen molar-refractivity contribution in [3.8, 4) is 5.75 Å². The van der Waals surface area contributed by atoms with E-state index in [0.29, 0.717) is 31.7 Å². The van der Waals surface area contributed by atoms with Gasteiger partial charge in [-0.3, -0.25) is 4.79 Å². The first-order chi connectivity index (χ1) is 12.5. The normalized spacial score (nSPS) is 17.8. The zero-order chi connectivity index (χ0) is 18.6. The molecule has 0 aliphatic carbocycles. The number of rotatable bonds is 6. The predicted molar refractivity (Wildman–Crippen MR) is 98.2 cm³/mol. The van der Waals surface area contributed by atoms with Crippen molar-refractivity contribution in [2.24, 2.45) is 0 Å². The fraction of sp³-hybridized carbons (Fsp3) is 0.316. The van der Waals surface area contributed by atoms with Gasteiger partial charge in [-0.1, -0.05) is 30.3 Å². The molecule has 0 spiro atoms. The van der Waals surface area contributed by atoms with Crippen LogP contribution in [0.3, 0.4) is 0 Å². The van der Waals surface area contributed by atoms with E-state index in [1.165, 1.54) is 23.5 Å². The van der Waals surface area contributed by atoms with Gasteiger partial charge in [-0.2, -0.15) is 4.31 Å². The minimum Gasteiger partial charge on any atom is -0.497 e. The number of amides is 1. The van der Waals surface area contributed by atoms with Gasteiger partial charge in [0.15, 0.2) is 0 Å². The lowest BCUT2D eigenvalue weighted by atomic mass is 10.2. The second kappa shape index (κ2) is 7.88. The molecule has 0 bridgehead atoms. The largest absolute Gasteiger partial charge is 0.497 e. The van der Waals surface area contributed by atoms with Crippen molar-refractivity contribution in [1.82, 2.24) is 9.62 Å². The summed E-state index contributed by atoms with van der Waals surface area (Å²) in [7, 11) is -2.20. The monoisotopic (exact) mass is 374 g/mol. The van der Waals surface area contributed by atoms with Gasteiger partial charge < -0.3 is 10.1 Å². The smallest absolute Gasteiger partial charge is 0.243 e. The van der Waals surface area contributed by atoms with Crippen LogP contribution in [0.4, 0.5) is 0 Å². The molecular weight excluding hydrogens is 352 g/mol. The van der Waals surface area contributed by atoms with Crippen LogP contribution < -0.4 is 10.1 Å². The van der Waals surface area contributed by atoms with E-state index in [1.54, 1.807) is 12.1 Å². The van der Waals surface area contributed by atoms with E-state index in [1.807, 2.05) is 30.3 Å². The molecule has 26 heavy (non-hydrogen) atoms. The highest BCUT2D eigenvalue weighted by Gasteiger charge is 2.39. The molecule has 1 N–H and O–H groups in total. The Kier molecular flexibility index (Phi) is 5.58. The van der Waals surface area contributed by atoms with Crippen molar-refractivity contribution in [3.63, 3.8) is 0 Å². The third-order valence-electron chi connectivity index (χ3n) is 4.48. The van der Waals surface area contributed by atoms with Gasteiger partial charge in [-0.25, -0.2) is 8.42 Å². The highest BCUT2D eigenvalue weighted by Crippen LogP contribution is 2.27. The molecule has 0 aromatic heterocycles. The zero-order valence-electron chi connectivity index (χ0n) is 14.6. The first-order valence-corrected chi connectivity index (χ1v) is 9.94. The van der Waals surface area contributed by atoms with E-state index >= 15 is 0 Å². The van der Waals surface area contributed by atoms with Crippen molar-refractivity contribution < 1.29 is 17.9 Å². The van der Waals surface area contributed by atoms with Gasteiger partial charge in [0, 0.05) is 13.1 Å². The molecule has 1 aliphatic heterocycles. The molecule has 1 atom stereocenters. The molecule has 0 saturated carbocycles. The molecule has 1 aliphatic rings. The van der Waals surface area contributed by atoms with Crippen LogP contribution in [0.25, 0.3) is 0 Å². The Morgan fingerprint density at radius 3 is 2.50 bits per heavy atom. The Hall–Kier alpha value is -2.38. The van der Waals surface area contributed by atoms with E-state index < -0.39 is 16.1 Å². The fourth-order valence-electron chi connectivity index (χ4n) is 3.08. The molecule has 1 unspecified atom stereocenters. The van der Waals surface area contributed by atoms with Crippen LogP contribution in [0.2, 0.25) is 0 Å². The summed E-state index contributed by atoms with van der Waals surface area (Å²) in [5.74, 6) is 0.325. The van der Waals surface area contributed by atoms with Gasteiger partial charge >= 0.3 is 0 Å². The minimum absolute atomic E-state index is 0.168. The third kappa shape index (κ3) is 3.89. The first kappa shape index (κ1) is 18.4. The lowest BCUT2D eigenvalue weighted by Gasteiger charge is -2.23. The van der Waals surface area contributed by atoms with Crippen molar-refractivity contribution in [1.29, 1.82) is 0 Å². The summed E-state index contributed by atoms with van der Waals surface area (Å²) in [6, 6.07) is 15.1. The summed E-state index contributed by atoms with van der Waals surface area (Å²) < 4.78 is 32.2. The molecule has 3 rings (SSSR count). The van der Waals surface area contributed by atoms with Crippen molar-refractivity contribution in [2.75, 3.05) is 13.7 Å². The maximum Gasteiger partial charge on any atom is 0.243 e. The van der Waals surface area contributed by atoms with Crippen LogP contribution in [0.5, 0.6) is 5.75 Å². The van der Waals surface area contributed by atoms with Gasteiger partial charge in [-0.15, -0.1) is 0 Å². The number of nitrogens with zero attached hydrogens (tertiary/aromatic N) is 1. The molecule has 1 heterocycles. The van der Waals surface area contributed by atoms with Crippen molar-refractivity contribution in [2.45, 2.75) is 30.3 Å². The van der Waals surface area contributed by atoms with Gasteiger partial charge in [0.2, 0.25) is 15.9 Å². The van der Waals surface area contributed by atoms with E-state index in [0.717, 1.165) is 5.56 Å². The first-order valence-electron chi connectivity index (χ1n) is 8.50. The zero-order valence-corrected chi connectivity index (χ0v) is 15.4. The Morgan fingerprint density at radius 2 is 1.85 bits per heavy atom. The average Bonchev–Trinajstić information content (AvgIpc) is 3.18. The Morgan fingerprint density at radius 1 is 1.15 bits per heavy atom.